The monoisotopic (exact) mass is 411 g/mol. The average molecular weight is 412 g/mol. The van der Waals surface area contributed by atoms with E-state index in [0.29, 0.717) is 43.2 Å². The summed E-state index contributed by atoms with van der Waals surface area (Å²) in [7, 11) is 0. The summed E-state index contributed by atoms with van der Waals surface area (Å²) in [5.41, 5.74) is 1.62. The lowest BCUT2D eigenvalue weighted by atomic mass is 10.1. The molecule has 0 unspecified atom stereocenters. The molecular weight excluding hydrogens is 394 g/mol. The van der Waals surface area contributed by atoms with Crippen LogP contribution in [0.25, 0.3) is 0 Å². The van der Waals surface area contributed by atoms with E-state index in [1.165, 1.54) is 11.3 Å². The molecule has 0 radical (unpaired) electrons. The first-order valence-electron chi connectivity index (χ1n) is 7.69. The maximum atomic E-state index is 12.5. The Balaban J connectivity index is 1.58. The lowest BCUT2D eigenvalue weighted by Gasteiger charge is -2.34. The average Bonchev–Trinajstić information content (AvgIpc) is 3.14. The first-order chi connectivity index (χ1) is 11.5. The van der Waals surface area contributed by atoms with Crippen molar-refractivity contribution in [3.05, 3.63) is 37.8 Å². The number of carbonyl (C=O) groups is 2. The van der Waals surface area contributed by atoms with E-state index in [0.717, 1.165) is 15.7 Å². The highest BCUT2D eigenvalue weighted by Crippen LogP contribution is 2.24. The van der Waals surface area contributed by atoms with Gasteiger partial charge in [0, 0.05) is 36.2 Å². The van der Waals surface area contributed by atoms with Crippen molar-refractivity contribution in [2.75, 3.05) is 26.2 Å². The van der Waals surface area contributed by atoms with E-state index >= 15 is 0 Å². The highest BCUT2D eigenvalue weighted by atomic mass is 79.9. The Bertz CT molecular complexity index is 743. The smallest absolute Gasteiger partial charge is 0.265 e. The Labute approximate surface area is 152 Å². The first kappa shape index (κ1) is 17.2. The third-order valence-electron chi connectivity index (χ3n) is 4.24. The van der Waals surface area contributed by atoms with Crippen LogP contribution in [0.1, 0.15) is 26.7 Å². The molecule has 0 N–H and O–H groups in total. The summed E-state index contributed by atoms with van der Waals surface area (Å²) in [6, 6.07) is 1.88. The largest absolute Gasteiger partial charge is 0.361 e. The Morgan fingerprint density at radius 3 is 2.46 bits per heavy atom. The molecule has 1 fully saturated rings. The molecule has 2 aromatic rings. The summed E-state index contributed by atoms with van der Waals surface area (Å²) in [6.07, 6.45) is 0.297. The number of aryl methyl sites for hydroxylation is 2. The number of nitrogens with zero attached hydrogens (tertiary/aromatic N) is 3. The van der Waals surface area contributed by atoms with Crippen LogP contribution in [0.15, 0.2) is 20.4 Å². The summed E-state index contributed by atoms with van der Waals surface area (Å²) in [6.45, 7) is 5.87. The Morgan fingerprint density at radius 1 is 1.25 bits per heavy atom. The third kappa shape index (κ3) is 3.39. The van der Waals surface area contributed by atoms with Gasteiger partial charge in [0.25, 0.3) is 5.91 Å². The number of halogens is 1. The summed E-state index contributed by atoms with van der Waals surface area (Å²) in [4.78, 5) is 29.3. The molecule has 8 heteroatoms. The Morgan fingerprint density at radius 2 is 1.92 bits per heavy atom. The standard InChI is InChI=1S/C16H18BrN3O3S/c1-10-12(11(2)23-18-10)9-14(21)19-4-6-20(7-5-19)16(22)15-13(17)3-8-24-15/h3,8H,4-7,9H2,1-2H3. The van der Waals surface area contributed by atoms with Crippen LogP contribution in [0, 0.1) is 13.8 Å². The number of thiophene rings is 1. The first-order valence-corrected chi connectivity index (χ1v) is 9.36. The van der Waals surface area contributed by atoms with Crippen molar-refractivity contribution < 1.29 is 14.1 Å². The molecule has 3 rings (SSSR count). The number of aromatic nitrogens is 1. The number of hydrogen-bond donors (Lipinski definition) is 0. The van der Waals surface area contributed by atoms with Gasteiger partial charge in [0.05, 0.1) is 12.1 Å². The van der Waals surface area contributed by atoms with Gasteiger partial charge in [0.15, 0.2) is 0 Å². The maximum Gasteiger partial charge on any atom is 0.265 e. The zero-order valence-electron chi connectivity index (χ0n) is 13.5. The van der Waals surface area contributed by atoms with Gasteiger partial charge in [0.1, 0.15) is 10.6 Å². The molecular formula is C16H18BrN3O3S. The Kier molecular flexibility index (Phi) is 5.05. The molecule has 2 amide bonds. The normalized spacial score (nSPS) is 15.0. The molecule has 3 heterocycles. The van der Waals surface area contributed by atoms with E-state index in [1.807, 2.05) is 25.3 Å². The summed E-state index contributed by atoms with van der Waals surface area (Å²) in [5, 5.41) is 5.77. The van der Waals surface area contributed by atoms with Gasteiger partial charge in [-0.15, -0.1) is 11.3 Å². The van der Waals surface area contributed by atoms with Crippen LogP contribution in [0.5, 0.6) is 0 Å². The zero-order chi connectivity index (χ0) is 17.3. The molecule has 1 aliphatic heterocycles. The topological polar surface area (TPSA) is 66.7 Å². The lowest BCUT2D eigenvalue weighted by molar-refractivity contribution is -0.131. The fourth-order valence-electron chi connectivity index (χ4n) is 2.77. The lowest BCUT2D eigenvalue weighted by Crippen LogP contribution is -2.51. The van der Waals surface area contributed by atoms with Gasteiger partial charge in [-0.2, -0.15) is 0 Å². The molecule has 6 nitrogen and oxygen atoms in total. The highest BCUT2D eigenvalue weighted by molar-refractivity contribution is 9.10. The van der Waals surface area contributed by atoms with Gasteiger partial charge in [-0.05, 0) is 41.2 Å². The van der Waals surface area contributed by atoms with Crippen molar-refractivity contribution in [1.29, 1.82) is 0 Å². The minimum Gasteiger partial charge on any atom is -0.361 e. The summed E-state index contributed by atoms with van der Waals surface area (Å²) >= 11 is 4.83. The molecule has 1 saturated heterocycles. The number of hydrogen-bond acceptors (Lipinski definition) is 5. The van der Waals surface area contributed by atoms with E-state index in [1.54, 1.807) is 9.80 Å². The second-order valence-corrected chi connectivity index (χ2v) is 7.52. The van der Waals surface area contributed by atoms with Gasteiger partial charge in [-0.25, -0.2) is 0 Å². The quantitative estimate of drug-likeness (QED) is 0.778. The van der Waals surface area contributed by atoms with E-state index in [4.69, 9.17) is 4.52 Å². The van der Waals surface area contributed by atoms with Crippen molar-refractivity contribution in [3.8, 4) is 0 Å². The fraction of sp³-hybridized carbons (Fsp3) is 0.438. The van der Waals surface area contributed by atoms with Crippen LogP contribution >= 0.6 is 27.3 Å². The van der Waals surface area contributed by atoms with E-state index in [9.17, 15) is 9.59 Å². The molecule has 0 spiro atoms. The van der Waals surface area contributed by atoms with Crippen molar-refractivity contribution in [1.82, 2.24) is 15.0 Å². The summed E-state index contributed by atoms with van der Waals surface area (Å²) < 4.78 is 5.94. The minimum absolute atomic E-state index is 0.0229. The van der Waals surface area contributed by atoms with Gasteiger partial charge in [0.2, 0.25) is 5.91 Å². The number of carbonyl (C=O) groups excluding carboxylic acids is 2. The molecule has 1 aliphatic rings. The van der Waals surface area contributed by atoms with Crippen LogP contribution in [0.2, 0.25) is 0 Å². The Hall–Kier alpha value is -1.67. The number of amides is 2. The molecule has 0 aromatic carbocycles. The van der Waals surface area contributed by atoms with Crippen molar-refractivity contribution in [2.24, 2.45) is 0 Å². The van der Waals surface area contributed by atoms with E-state index < -0.39 is 0 Å². The van der Waals surface area contributed by atoms with E-state index in [2.05, 4.69) is 21.1 Å². The molecule has 0 bridgehead atoms. The zero-order valence-corrected chi connectivity index (χ0v) is 15.9. The number of rotatable bonds is 3. The van der Waals surface area contributed by atoms with Crippen LogP contribution in [-0.4, -0.2) is 52.9 Å². The van der Waals surface area contributed by atoms with Crippen LogP contribution in [0.4, 0.5) is 0 Å². The highest BCUT2D eigenvalue weighted by Gasteiger charge is 2.27. The summed E-state index contributed by atoms with van der Waals surface area (Å²) in [5.74, 6) is 0.765. The minimum atomic E-state index is 0.0229. The van der Waals surface area contributed by atoms with Crippen LogP contribution < -0.4 is 0 Å². The second-order valence-electron chi connectivity index (χ2n) is 5.75. The van der Waals surface area contributed by atoms with Crippen molar-refractivity contribution >= 4 is 39.1 Å². The molecule has 0 saturated carbocycles. The van der Waals surface area contributed by atoms with Gasteiger partial charge in [-0.1, -0.05) is 5.16 Å². The molecule has 128 valence electrons. The van der Waals surface area contributed by atoms with Crippen molar-refractivity contribution in [3.63, 3.8) is 0 Å². The predicted octanol–water partition coefficient (Wildman–Crippen LogP) is 2.64. The second kappa shape index (κ2) is 7.06. The fourth-order valence-corrected chi connectivity index (χ4v) is 4.27. The van der Waals surface area contributed by atoms with Gasteiger partial charge in [-0.3, -0.25) is 9.59 Å². The van der Waals surface area contributed by atoms with Crippen LogP contribution in [-0.2, 0) is 11.2 Å². The maximum absolute atomic E-state index is 12.5. The van der Waals surface area contributed by atoms with E-state index in [-0.39, 0.29) is 11.8 Å². The molecule has 2 aromatic heterocycles. The molecule has 0 atom stereocenters. The SMILES string of the molecule is Cc1noc(C)c1CC(=O)N1CCN(C(=O)c2sccc2Br)CC1. The predicted molar refractivity (Wildman–Crippen MR) is 94.2 cm³/mol. The van der Waals surface area contributed by atoms with Crippen LogP contribution in [0.3, 0.4) is 0 Å². The molecule has 0 aliphatic carbocycles. The number of piperazine rings is 1. The molecule has 24 heavy (non-hydrogen) atoms. The van der Waals surface area contributed by atoms with Crippen molar-refractivity contribution in [2.45, 2.75) is 20.3 Å². The van der Waals surface area contributed by atoms with Gasteiger partial charge >= 0.3 is 0 Å². The van der Waals surface area contributed by atoms with Gasteiger partial charge < -0.3 is 14.3 Å². The third-order valence-corrected chi connectivity index (χ3v) is 6.07.